The first kappa shape index (κ1) is 21.2. The fraction of sp³-hybridized carbons (Fsp3) is 0.174. The lowest BCUT2D eigenvalue weighted by atomic mass is 9.95. The molecule has 1 unspecified atom stereocenters. The highest BCUT2D eigenvalue weighted by molar-refractivity contribution is 6.54. The molecule has 1 aliphatic carbocycles. The van der Waals surface area contributed by atoms with Crippen molar-refractivity contribution in [3.63, 3.8) is 0 Å². The number of hydrogen-bond acceptors (Lipinski definition) is 5. The fourth-order valence-electron chi connectivity index (χ4n) is 3.40. The van der Waals surface area contributed by atoms with Crippen molar-refractivity contribution >= 4 is 34.9 Å². The largest absolute Gasteiger partial charge is 0.460 e. The first-order valence-electron chi connectivity index (χ1n) is 9.44. The summed E-state index contributed by atoms with van der Waals surface area (Å²) in [5, 5.41) is 10.9. The van der Waals surface area contributed by atoms with E-state index in [0.717, 1.165) is 5.56 Å². The van der Waals surface area contributed by atoms with E-state index in [4.69, 9.17) is 32.7 Å². The van der Waals surface area contributed by atoms with Crippen molar-refractivity contribution in [2.75, 3.05) is 0 Å². The van der Waals surface area contributed by atoms with Crippen molar-refractivity contribution in [3.8, 4) is 11.5 Å². The topological polar surface area (TPSA) is 78.7 Å². The predicted octanol–water partition coefficient (Wildman–Crippen LogP) is 5.95. The fourth-order valence-corrected chi connectivity index (χ4v) is 4.18. The van der Waals surface area contributed by atoms with Gasteiger partial charge in [-0.3, -0.25) is 14.9 Å². The SMILES string of the molecule is O=C(OCc1cccc(Oc2ccccc2)c1)C1(c2ccc([N+](=O)[O-])cc2)CC1(Cl)Cl. The van der Waals surface area contributed by atoms with Gasteiger partial charge in [0.2, 0.25) is 0 Å². The molecule has 1 aliphatic rings. The van der Waals surface area contributed by atoms with Crippen LogP contribution in [0.5, 0.6) is 11.5 Å². The molecule has 0 aliphatic heterocycles. The van der Waals surface area contributed by atoms with Crippen LogP contribution >= 0.6 is 23.2 Å². The molecule has 1 saturated carbocycles. The van der Waals surface area contributed by atoms with Gasteiger partial charge < -0.3 is 9.47 Å². The van der Waals surface area contributed by atoms with E-state index in [-0.39, 0.29) is 18.7 Å². The Bertz CT molecular complexity index is 1120. The normalized spacial score (nSPS) is 18.8. The van der Waals surface area contributed by atoms with Crippen LogP contribution in [-0.4, -0.2) is 15.2 Å². The standard InChI is InChI=1S/C23H17Cl2NO5/c24-23(25)15-22(23,17-9-11-18(12-10-17)26(28)29)21(27)30-14-16-5-4-8-20(13-16)31-19-6-2-1-3-7-19/h1-13H,14-15H2. The number of carbonyl (C=O) groups excluding carboxylic acids is 1. The highest BCUT2D eigenvalue weighted by Crippen LogP contribution is 2.65. The van der Waals surface area contributed by atoms with Crippen molar-refractivity contribution in [2.24, 2.45) is 0 Å². The number of carbonyl (C=O) groups is 1. The van der Waals surface area contributed by atoms with Gasteiger partial charge in [-0.15, -0.1) is 0 Å². The quantitative estimate of drug-likeness (QED) is 0.189. The van der Waals surface area contributed by atoms with Crippen molar-refractivity contribution in [1.29, 1.82) is 0 Å². The highest BCUT2D eigenvalue weighted by atomic mass is 35.5. The van der Waals surface area contributed by atoms with E-state index in [1.165, 1.54) is 24.3 Å². The van der Waals surface area contributed by atoms with Crippen LogP contribution in [0.1, 0.15) is 17.5 Å². The Morgan fingerprint density at radius 1 is 0.968 bits per heavy atom. The second-order valence-corrected chi connectivity index (χ2v) is 8.71. The molecule has 1 atom stereocenters. The van der Waals surface area contributed by atoms with Gasteiger partial charge in [0, 0.05) is 18.6 Å². The Kier molecular flexibility index (Phi) is 5.60. The van der Waals surface area contributed by atoms with E-state index < -0.39 is 20.6 Å². The Morgan fingerprint density at radius 3 is 2.23 bits per heavy atom. The summed E-state index contributed by atoms with van der Waals surface area (Å²) in [4.78, 5) is 23.3. The first-order chi connectivity index (χ1) is 14.8. The van der Waals surface area contributed by atoms with E-state index in [0.29, 0.717) is 17.1 Å². The zero-order valence-corrected chi connectivity index (χ0v) is 17.7. The molecule has 0 amide bonds. The lowest BCUT2D eigenvalue weighted by Gasteiger charge is -2.18. The van der Waals surface area contributed by atoms with Crippen molar-refractivity contribution in [3.05, 3.63) is 100 Å². The molecule has 4 rings (SSSR count). The maximum absolute atomic E-state index is 13.0. The number of alkyl halides is 2. The van der Waals surface area contributed by atoms with Gasteiger partial charge in [-0.25, -0.2) is 0 Å². The molecule has 0 radical (unpaired) electrons. The minimum atomic E-state index is -1.33. The van der Waals surface area contributed by atoms with Crippen molar-refractivity contribution < 1.29 is 19.2 Å². The number of ether oxygens (including phenoxy) is 2. The lowest BCUT2D eigenvalue weighted by molar-refractivity contribution is -0.384. The number of benzene rings is 3. The van der Waals surface area contributed by atoms with E-state index in [1.54, 1.807) is 18.2 Å². The Morgan fingerprint density at radius 2 is 1.61 bits per heavy atom. The molecule has 158 valence electrons. The van der Waals surface area contributed by atoms with Crippen LogP contribution < -0.4 is 4.74 Å². The zero-order valence-electron chi connectivity index (χ0n) is 16.2. The second-order valence-electron chi connectivity index (χ2n) is 7.23. The van der Waals surface area contributed by atoms with Gasteiger partial charge >= 0.3 is 5.97 Å². The monoisotopic (exact) mass is 457 g/mol. The summed E-state index contributed by atoms with van der Waals surface area (Å²) in [6.45, 7) is 0.00339. The number of nitro groups is 1. The van der Waals surface area contributed by atoms with Crippen LogP contribution in [0.25, 0.3) is 0 Å². The molecule has 0 aromatic heterocycles. The third-order valence-electron chi connectivity index (χ3n) is 5.15. The molecular weight excluding hydrogens is 441 g/mol. The van der Waals surface area contributed by atoms with Gasteiger partial charge in [0.15, 0.2) is 0 Å². The minimum absolute atomic E-state index is 0.00339. The average Bonchev–Trinajstić information content (AvgIpc) is 3.36. The molecule has 3 aromatic rings. The van der Waals surface area contributed by atoms with Gasteiger partial charge in [0.25, 0.3) is 5.69 Å². The third-order valence-corrected chi connectivity index (χ3v) is 6.07. The third kappa shape index (κ3) is 4.22. The number of nitrogens with zero attached hydrogens (tertiary/aromatic N) is 1. The number of esters is 1. The summed E-state index contributed by atoms with van der Waals surface area (Å²) in [5.74, 6) is 0.724. The lowest BCUT2D eigenvalue weighted by Crippen LogP contribution is -2.28. The van der Waals surface area contributed by atoms with E-state index in [1.807, 2.05) is 36.4 Å². The van der Waals surface area contributed by atoms with Crippen LogP contribution in [0, 0.1) is 10.1 Å². The number of non-ortho nitro benzene ring substituents is 1. The van der Waals surface area contributed by atoms with Crippen molar-refractivity contribution in [1.82, 2.24) is 0 Å². The van der Waals surface area contributed by atoms with E-state index in [2.05, 4.69) is 0 Å². The smallest absolute Gasteiger partial charge is 0.320 e. The highest BCUT2D eigenvalue weighted by Gasteiger charge is 2.73. The molecule has 6 nitrogen and oxygen atoms in total. The van der Waals surface area contributed by atoms with Crippen LogP contribution in [-0.2, 0) is 21.6 Å². The molecule has 0 heterocycles. The minimum Gasteiger partial charge on any atom is -0.460 e. The number of para-hydroxylation sites is 1. The average molecular weight is 458 g/mol. The molecular formula is C23H17Cl2NO5. The summed E-state index contributed by atoms with van der Waals surface area (Å²) in [5.41, 5.74) is -0.133. The second kappa shape index (κ2) is 8.21. The first-order valence-corrected chi connectivity index (χ1v) is 10.2. The number of rotatable bonds is 7. The maximum Gasteiger partial charge on any atom is 0.320 e. The summed E-state index contributed by atoms with van der Waals surface area (Å²) in [7, 11) is 0. The number of halogens is 2. The predicted molar refractivity (Wildman–Crippen MR) is 117 cm³/mol. The van der Waals surface area contributed by atoms with E-state index >= 15 is 0 Å². The van der Waals surface area contributed by atoms with Crippen LogP contribution in [0.2, 0.25) is 0 Å². The zero-order chi connectivity index (χ0) is 22.1. The number of nitro benzene ring substituents is 1. The summed E-state index contributed by atoms with van der Waals surface area (Å²) >= 11 is 12.6. The molecule has 8 heteroatoms. The summed E-state index contributed by atoms with van der Waals surface area (Å²) in [6, 6.07) is 22.1. The molecule has 0 spiro atoms. The van der Waals surface area contributed by atoms with Crippen molar-refractivity contribution in [2.45, 2.75) is 22.8 Å². The van der Waals surface area contributed by atoms with E-state index in [9.17, 15) is 14.9 Å². The van der Waals surface area contributed by atoms with Gasteiger partial charge in [0.1, 0.15) is 27.9 Å². The Balaban J connectivity index is 1.47. The maximum atomic E-state index is 13.0. The van der Waals surface area contributed by atoms with Gasteiger partial charge in [-0.2, -0.15) is 0 Å². The molecule has 3 aromatic carbocycles. The molecule has 31 heavy (non-hydrogen) atoms. The number of hydrogen-bond donors (Lipinski definition) is 0. The molecule has 1 fully saturated rings. The van der Waals surface area contributed by atoms with Gasteiger partial charge in [-0.1, -0.05) is 65.7 Å². The molecule has 0 N–H and O–H groups in total. The molecule has 0 bridgehead atoms. The Hall–Kier alpha value is -3.09. The Labute approximate surface area is 188 Å². The van der Waals surface area contributed by atoms with Gasteiger partial charge in [-0.05, 0) is 35.4 Å². The van der Waals surface area contributed by atoms with Crippen LogP contribution in [0.3, 0.4) is 0 Å². The summed E-state index contributed by atoms with van der Waals surface area (Å²) in [6.07, 6.45) is 0.164. The molecule has 0 saturated heterocycles. The van der Waals surface area contributed by atoms with Crippen LogP contribution in [0.15, 0.2) is 78.9 Å². The van der Waals surface area contributed by atoms with Crippen LogP contribution in [0.4, 0.5) is 5.69 Å². The summed E-state index contributed by atoms with van der Waals surface area (Å²) < 4.78 is 10.00. The van der Waals surface area contributed by atoms with Gasteiger partial charge in [0.05, 0.1) is 4.92 Å².